The van der Waals surface area contributed by atoms with Gasteiger partial charge in [-0.3, -0.25) is 4.68 Å². The van der Waals surface area contributed by atoms with Crippen molar-refractivity contribution in [3.8, 4) is 0 Å². The van der Waals surface area contributed by atoms with E-state index in [2.05, 4.69) is 53.4 Å². The van der Waals surface area contributed by atoms with Gasteiger partial charge in [0, 0.05) is 31.3 Å². The third-order valence-electron chi connectivity index (χ3n) is 2.93. The minimum absolute atomic E-state index is 0.102. The van der Waals surface area contributed by atoms with Gasteiger partial charge in [-0.15, -0.1) is 0 Å². The van der Waals surface area contributed by atoms with E-state index >= 15 is 0 Å². The highest BCUT2D eigenvalue weighted by atomic mass is 15.3. The first-order chi connectivity index (χ1) is 9.88. The minimum atomic E-state index is -0.102. The number of hydrogen-bond acceptors (Lipinski definition) is 5. The highest BCUT2D eigenvalue weighted by Gasteiger charge is 2.19. The van der Waals surface area contributed by atoms with Crippen molar-refractivity contribution in [2.75, 3.05) is 17.2 Å². The summed E-state index contributed by atoms with van der Waals surface area (Å²) in [6.07, 6.45) is 4.75. The molecule has 2 aromatic rings. The lowest BCUT2D eigenvalue weighted by Crippen LogP contribution is -2.18. The van der Waals surface area contributed by atoms with Gasteiger partial charge in [-0.05, 0) is 6.42 Å². The Balaban J connectivity index is 2.30. The summed E-state index contributed by atoms with van der Waals surface area (Å²) < 4.78 is 1.75. The highest BCUT2D eigenvalue weighted by molar-refractivity contribution is 5.58. The highest BCUT2D eigenvalue weighted by Crippen LogP contribution is 2.24. The van der Waals surface area contributed by atoms with Crippen LogP contribution in [0.5, 0.6) is 0 Å². The second-order valence-corrected chi connectivity index (χ2v) is 6.17. The smallest absolute Gasteiger partial charge is 0.138 e. The molecule has 0 spiro atoms. The van der Waals surface area contributed by atoms with Crippen LogP contribution in [0, 0.1) is 0 Å². The molecule has 0 saturated heterocycles. The van der Waals surface area contributed by atoms with Gasteiger partial charge in [0.05, 0.1) is 11.9 Å². The third kappa shape index (κ3) is 4.18. The summed E-state index contributed by atoms with van der Waals surface area (Å²) in [6.45, 7) is 9.36. The molecule has 114 valence electrons. The Morgan fingerprint density at radius 2 is 1.90 bits per heavy atom. The predicted molar refractivity (Wildman–Crippen MR) is 86.0 cm³/mol. The maximum Gasteiger partial charge on any atom is 0.138 e. The summed E-state index contributed by atoms with van der Waals surface area (Å²) in [5.41, 5.74) is 0.812. The summed E-state index contributed by atoms with van der Waals surface area (Å²) in [5.74, 6) is 2.44. The average molecular weight is 288 g/mol. The van der Waals surface area contributed by atoms with Crippen LogP contribution in [-0.4, -0.2) is 26.3 Å². The summed E-state index contributed by atoms with van der Waals surface area (Å²) in [4.78, 5) is 9.22. The first kappa shape index (κ1) is 15.3. The number of rotatable bonds is 5. The zero-order valence-corrected chi connectivity index (χ0v) is 13.4. The second kappa shape index (κ2) is 6.11. The molecule has 2 rings (SSSR count). The fourth-order valence-electron chi connectivity index (χ4n) is 1.82. The lowest BCUT2D eigenvalue weighted by atomic mass is 9.96. The van der Waals surface area contributed by atoms with Crippen LogP contribution in [0.1, 0.15) is 39.9 Å². The third-order valence-corrected chi connectivity index (χ3v) is 2.93. The van der Waals surface area contributed by atoms with E-state index in [0.717, 1.165) is 36.1 Å². The Hall–Kier alpha value is -2.11. The summed E-state index contributed by atoms with van der Waals surface area (Å²) in [6, 6.07) is 1.93. The van der Waals surface area contributed by atoms with Crippen LogP contribution < -0.4 is 10.6 Å². The van der Waals surface area contributed by atoms with Crippen molar-refractivity contribution in [2.45, 2.75) is 39.5 Å². The molecule has 2 N–H and O–H groups in total. The fraction of sp³-hybridized carbons (Fsp3) is 0.533. The molecule has 0 aromatic carbocycles. The van der Waals surface area contributed by atoms with Gasteiger partial charge in [0.15, 0.2) is 0 Å². The van der Waals surface area contributed by atoms with E-state index in [1.54, 1.807) is 10.9 Å². The van der Waals surface area contributed by atoms with E-state index in [-0.39, 0.29) is 5.41 Å². The van der Waals surface area contributed by atoms with Crippen molar-refractivity contribution in [2.24, 2.45) is 7.05 Å². The molecule has 0 fully saturated rings. The normalized spacial score (nSPS) is 11.5. The largest absolute Gasteiger partial charge is 0.370 e. The van der Waals surface area contributed by atoms with Gasteiger partial charge in [-0.25, -0.2) is 9.97 Å². The number of hydrogen-bond donors (Lipinski definition) is 2. The molecular weight excluding hydrogens is 264 g/mol. The molecule has 2 aromatic heterocycles. The summed E-state index contributed by atoms with van der Waals surface area (Å²) in [5, 5.41) is 10.8. The van der Waals surface area contributed by atoms with Gasteiger partial charge < -0.3 is 10.6 Å². The lowest BCUT2D eigenvalue weighted by molar-refractivity contribution is 0.547. The van der Waals surface area contributed by atoms with Gasteiger partial charge in [0.2, 0.25) is 0 Å². The monoisotopic (exact) mass is 288 g/mol. The Morgan fingerprint density at radius 1 is 1.19 bits per heavy atom. The molecule has 2 heterocycles. The van der Waals surface area contributed by atoms with Crippen LogP contribution in [0.15, 0.2) is 18.5 Å². The molecule has 6 nitrogen and oxygen atoms in total. The SMILES string of the molecule is CCCNc1cc(Nc2cnn(C)c2)nc(C(C)(C)C)n1. The van der Waals surface area contributed by atoms with Crippen molar-refractivity contribution < 1.29 is 0 Å². The Kier molecular flexibility index (Phi) is 4.45. The molecular formula is C15H24N6. The molecule has 21 heavy (non-hydrogen) atoms. The summed E-state index contributed by atoms with van der Waals surface area (Å²) in [7, 11) is 1.89. The van der Waals surface area contributed by atoms with E-state index in [9.17, 15) is 0 Å². The number of aryl methyl sites for hydroxylation is 1. The first-order valence-corrected chi connectivity index (χ1v) is 7.27. The van der Waals surface area contributed by atoms with Crippen molar-refractivity contribution in [3.63, 3.8) is 0 Å². The minimum Gasteiger partial charge on any atom is -0.370 e. The van der Waals surface area contributed by atoms with Crippen LogP contribution in [-0.2, 0) is 12.5 Å². The zero-order valence-electron chi connectivity index (χ0n) is 13.4. The molecule has 0 atom stereocenters. The standard InChI is InChI=1S/C15H24N6/c1-6-7-16-12-8-13(18-11-9-17-21(5)10-11)20-14(19-12)15(2,3)4/h8-10H,6-7H2,1-5H3,(H2,16,18,19,20). The van der Waals surface area contributed by atoms with E-state index in [4.69, 9.17) is 0 Å². The summed E-state index contributed by atoms with van der Waals surface area (Å²) >= 11 is 0. The lowest BCUT2D eigenvalue weighted by Gasteiger charge is -2.19. The van der Waals surface area contributed by atoms with Crippen LogP contribution in [0.3, 0.4) is 0 Å². The van der Waals surface area contributed by atoms with Gasteiger partial charge in [-0.1, -0.05) is 27.7 Å². The van der Waals surface area contributed by atoms with Crippen molar-refractivity contribution >= 4 is 17.3 Å². The van der Waals surface area contributed by atoms with Gasteiger partial charge >= 0.3 is 0 Å². The average Bonchev–Trinajstić information content (AvgIpc) is 2.80. The Bertz CT molecular complexity index is 596. The molecule has 0 aliphatic rings. The maximum absolute atomic E-state index is 4.62. The predicted octanol–water partition coefficient (Wildman–Crippen LogP) is 3.07. The maximum atomic E-state index is 4.62. The number of aromatic nitrogens is 4. The first-order valence-electron chi connectivity index (χ1n) is 7.27. The van der Waals surface area contributed by atoms with Crippen LogP contribution >= 0.6 is 0 Å². The fourth-order valence-corrected chi connectivity index (χ4v) is 1.82. The quantitative estimate of drug-likeness (QED) is 0.885. The second-order valence-electron chi connectivity index (χ2n) is 6.17. The van der Waals surface area contributed by atoms with Gasteiger partial charge in [-0.2, -0.15) is 5.10 Å². The number of nitrogens with zero attached hydrogens (tertiary/aromatic N) is 4. The van der Waals surface area contributed by atoms with Gasteiger partial charge in [0.1, 0.15) is 17.5 Å². The number of nitrogens with one attached hydrogen (secondary N) is 2. The molecule has 0 radical (unpaired) electrons. The molecule has 0 amide bonds. The Morgan fingerprint density at radius 3 is 2.48 bits per heavy atom. The molecule has 0 aliphatic heterocycles. The van der Waals surface area contributed by atoms with Crippen molar-refractivity contribution in [3.05, 3.63) is 24.3 Å². The van der Waals surface area contributed by atoms with E-state index in [1.165, 1.54) is 0 Å². The van der Waals surface area contributed by atoms with Crippen LogP contribution in [0.2, 0.25) is 0 Å². The van der Waals surface area contributed by atoms with E-state index in [1.807, 2.05) is 19.3 Å². The van der Waals surface area contributed by atoms with E-state index < -0.39 is 0 Å². The van der Waals surface area contributed by atoms with Crippen molar-refractivity contribution in [1.82, 2.24) is 19.7 Å². The Labute approximate surface area is 126 Å². The number of anilines is 3. The van der Waals surface area contributed by atoms with Crippen LogP contribution in [0.25, 0.3) is 0 Å². The molecule has 0 bridgehead atoms. The van der Waals surface area contributed by atoms with Crippen LogP contribution in [0.4, 0.5) is 17.3 Å². The zero-order chi connectivity index (χ0) is 15.5. The molecule has 6 heteroatoms. The van der Waals surface area contributed by atoms with E-state index in [0.29, 0.717) is 0 Å². The van der Waals surface area contributed by atoms with Crippen molar-refractivity contribution in [1.29, 1.82) is 0 Å². The topological polar surface area (TPSA) is 67.7 Å². The molecule has 0 saturated carbocycles. The molecule has 0 unspecified atom stereocenters. The molecule has 0 aliphatic carbocycles. The van der Waals surface area contributed by atoms with Gasteiger partial charge in [0.25, 0.3) is 0 Å².